The quantitative estimate of drug-likeness (QED) is 0.196. The third-order valence-electron chi connectivity index (χ3n) is 7.41. The van der Waals surface area contributed by atoms with Crippen LogP contribution in [0.2, 0.25) is 0 Å². The van der Waals surface area contributed by atoms with Gasteiger partial charge in [-0.15, -0.1) is 0 Å². The smallest absolute Gasteiger partial charge is 0.340 e. The predicted octanol–water partition coefficient (Wildman–Crippen LogP) is 5.14. The molecule has 0 amide bonds. The van der Waals surface area contributed by atoms with Gasteiger partial charge in [0, 0.05) is 5.56 Å². The molecule has 1 unspecified atom stereocenters. The van der Waals surface area contributed by atoms with Crippen LogP contribution in [-0.4, -0.2) is 62.3 Å². The van der Waals surface area contributed by atoms with E-state index in [-0.39, 0.29) is 23.3 Å². The molecule has 45 heavy (non-hydrogen) atoms. The Bertz CT molecular complexity index is 1590. The molecule has 10 nitrogen and oxygen atoms in total. The Labute approximate surface area is 259 Å². The number of hydrogen-bond acceptors (Lipinski definition) is 10. The first kappa shape index (κ1) is 30.0. The molecule has 2 aliphatic heterocycles. The van der Waals surface area contributed by atoms with E-state index in [1.807, 2.05) is 0 Å². The first-order valence-corrected chi connectivity index (χ1v) is 14.3. The molecule has 2 aliphatic rings. The number of esters is 3. The summed E-state index contributed by atoms with van der Waals surface area (Å²) in [6, 6.07) is 32.1. The Hall–Kier alpha value is -5.03. The maximum atomic E-state index is 13.4. The van der Waals surface area contributed by atoms with E-state index >= 15 is 0 Å². The number of carbonyl (C=O) groups is 3. The molecule has 0 spiro atoms. The van der Waals surface area contributed by atoms with Crippen LogP contribution >= 0.6 is 0 Å². The molecule has 0 bridgehead atoms. The number of ether oxygens (including phenoxy) is 7. The van der Waals surface area contributed by atoms with Crippen LogP contribution in [0.25, 0.3) is 0 Å². The van der Waals surface area contributed by atoms with Crippen molar-refractivity contribution in [1.29, 1.82) is 0 Å². The van der Waals surface area contributed by atoms with E-state index in [1.54, 1.807) is 122 Å². The van der Waals surface area contributed by atoms with E-state index in [0.717, 1.165) is 0 Å². The van der Waals surface area contributed by atoms with Gasteiger partial charge in [-0.05, 0) is 48.5 Å². The summed E-state index contributed by atoms with van der Waals surface area (Å²) in [5.74, 6) is -1.49. The minimum absolute atomic E-state index is 0.000507. The molecule has 10 heteroatoms. The maximum absolute atomic E-state index is 13.4. The Morgan fingerprint density at radius 3 is 1.60 bits per heavy atom. The summed E-state index contributed by atoms with van der Waals surface area (Å²) in [4.78, 5) is 40.0. The molecule has 6 atom stereocenters. The largest absolute Gasteiger partial charge is 0.497 e. The Morgan fingerprint density at radius 1 is 0.600 bits per heavy atom. The predicted molar refractivity (Wildman–Crippen MR) is 158 cm³/mol. The maximum Gasteiger partial charge on any atom is 0.340 e. The summed E-state index contributed by atoms with van der Waals surface area (Å²) in [5.41, 5.74) is 1.44. The molecule has 0 N–H and O–H groups in total. The van der Waals surface area contributed by atoms with Crippen molar-refractivity contribution < 1.29 is 47.5 Å². The average molecular weight is 611 g/mol. The van der Waals surface area contributed by atoms with Crippen LogP contribution in [0.3, 0.4) is 0 Å². The van der Waals surface area contributed by atoms with Gasteiger partial charge in [0.25, 0.3) is 0 Å². The molecule has 0 saturated carbocycles. The molecule has 6 rings (SSSR count). The lowest BCUT2D eigenvalue weighted by molar-refractivity contribution is -0.351. The third kappa shape index (κ3) is 6.88. The monoisotopic (exact) mass is 610 g/mol. The summed E-state index contributed by atoms with van der Waals surface area (Å²) in [5, 5.41) is 0. The second kappa shape index (κ2) is 13.7. The fraction of sp³-hybridized carbons (Fsp3) is 0.229. The minimum atomic E-state index is -1.47. The van der Waals surface area contributed by atoms with Gasteiger partial charge >= 0.3 is 17.9 Å². The second-order valence-electron chi connectivity index (χ2n) is 10.3. The summed E-state index contributed by atoms with van der Waals surface area (Å²) in [6.07, 6.45) is -6.83. The Morgan fingerprint density at radius 2 is 1.09 bits per heavy atom. The van der Waals surface area contributed by atoms with E-state index in [1.165, 1.54) is 0 Å². The lowest BCUT2D eigenvalue weighted by Gasteiger charge is -2.47. The van der Waals surface area contributed by atoms with Crippen molar-refractivity contribution in [3.05, 3.63) is 138 Å². The SMILES string of the molecule is COc1ccc(C2OC[C@H]3O[C@@H](OC(=O)c4ccccc4)[C@H](OC(=O)c4ccccc4)[C@@H](OC(=O)c4ccccc4)[C@@H]3O2)cc1. The molecule has 4 aromatic rings. The van der Waals surface area contributed by atoms with Crippen LogP contribution < -0.4 is 4.74 Å². The van der Waals surface area contributed by atoms with Crippen molar-refractivity contribution in [2.75, 3.05) is 13.7 Å². The molecular formula is C35H30O10. The van der Waals surface area contributed by atoms with Crippen molar-refractivity contribution in [2.45, 2.75) is 37.0 Å². The molecule has 2 heterocycles. The topological polar surface area (TPSA) is 116 Å². The fourth-order valence-electron chi connectivity index (χ4n) is 5.11. The summed E-state index contributed by atoms with van der Waals surface area (Å²) < 4.78 is 41.6. The van der Waals surface area contributed by atoms with Gasteiger partial charge in [-0.1, -0.05) is 66.7 Å². The molecule has 0 radical (unpaired) electrons. The Kier molecular flexibility index (Phi) is 9.16. The summed E-state index contributed by atoms with van der Waals surface area (Å²) >= 11 is 0. The first-order valence-electron chi connectivity index (χ1n) is 14.3. The number of carbonyl (C=O) groups excluding carboxylic acids is 3. The zero-order chi connectivity index (χ0) is 31.2. The van der Waals surface area contributed by atoms with Gasteiger partial charge in [0.1, 0.15) is 18.0 Å². The van der Waals surface area contributed by atoms with Crippen LogP contribution in [0.5, 0.6) is 5.75 Å². The van der Waals surface area contributed by atoms with E-state index in [2.05, 4.69) is 0 Å². The van der Waals surface area contributed by atoms with Gasteiger partial charge in [-0.2, -0.15) is 0 Å². The first-order chi connectivity index (χ1) is 22.0. The van der Waals surface area contributed by atoms with Crippen LogP contribution in [0.1, 0.15) is 42.9 Å². The fourth-order valence-corrected chi connectivity index (χ4v) is 5.11. The van der Waals surface area contributed by atoms with E-state index in [4.69, 9.17) is 33.2 Å². The van der Waals surface area contributed by atoms with Gasteiger partial charge in [-0.3, -0.25) is 0 Å². The molecule has 0 aliphatic carbocycles. The van der Waals surface area contributed by atoms with Gasteiger partial charge in [0.15, 0.2) is 12.4 Å². The number of methoxy groups -OCH3 is 1. The van der Waals surface area contributed by atoms with Crippen molar-refractivity contribution >= 4 is 17.9 Å². The van der Waals surface area contributed by atoms with E-state index in [0.29, 0.717) is 11.3 Å². The standard InChI is InChI=1S/C35H30O10/c1-39-26-19-17-25(18-20-26)34-40-21-27-28(44-34)29(42-31(36)22-11-5-2-6-12-22)30(43-32(37)23-13-7-3-8-14-23)35(41-27)45-33(38)24-15-9-4-10-16-24/h2-20,27-30,34-35H,21H2,1H3/t27-,28-,29+,30-,34?,35+/m1/s1. The second-order valence-corrected chi connectivity index (χ2v) is 10.3. The molecule has 0 aromatic heterocycles. The molecule has 2 saturated heterocycles. The zero-order valence-electron chi connectivity index (χ0n) is 24.2. The zero-order valence-corrected chi connectivity index (χ0v) is 24.2. The van der Waals surface area contributed by atoms with Crippen molar-refractivity contribution in [2.24, 2.45) is 0 Å². The van der Waals surface area contributed by atoms with Crippen molar-refractivity contribution in [1.82, 2.24) is 0 Å². The Balaban J connectivity index is 1.35. The van der Waals surface area contributed by atoms with Crippen LogP contribution in [0.4, 0.5) is 0 Å². The molecule has 2 fully saturated rings. The highest BCUT2D eigenvalue weighted by atomic mass is 16.8. The van der Waals surface area contributed by atoms with Crippen molar-refractivity contribution in [3.63, 3.8) is 0 Å². The normalized spacial score (nSPS) is 24.0. The number of fused-ring (bicyclic) bond motifs is 1. The lowest BCUT2D eigenvalue weighted by Crippen LogP contribution is -2.64. The number of hydrogen-bond donors (Lipinski definition) is 0. The lowest BCUT2D eigenvalue weighted by atomic mass is 9.96. The minimum Gasteiger partial charge on any atom is -0.497 e. The number of rotatable bonds is 8. The van der Waals surface area contributed by atoms with Gasteiger partial charge in [-0.25, -0.2) is 14.4 Å². The van der Waals surface area contributed by atoms with Gasteiger partial charge in [0.05, 0.1) is 30.4 Å². The molecular weight excluding hydrogens is 580 g/mol. The third-order valence-corrected chi connectivity index (χ3v) is 7.41. The van der Waals surface area contributed by atoms with Gasteiger partial charge in [0.2, 0.25) is 12.4 Å². The number of benzene rings is 4. The molecule has 230 valence electrons. The van der Waals surface area contributed by atoms with E-state index < -0.39 is 54.9 Å². The summed E-state index contributed by atoms with van der Waals surface area (Å²) in [7, 11) is 1.57. The van der Waals surface area contributed by atoms with Crippen LogP contribution in [0.15, 0.2) is 115 Å². The highest BCUT2D eigenvalue weighted by molar-refractivity contribution is 5.91. The van der Waals surface area contributed by atoms with Crippen LogP contribution in [0, 0.1) is 0 Å². The van der Waals surface area contributed by atoms with Gasteiger partial charge < -0.3 is 33.2 Å². The molecule has 4 aromatic carbocycles. The summed E-state index contributed by atoms with van der Waals surface area (Å²) in [6.45, 7) is -0.000507. The highest BCUT2D eigenvalue weighted by Gasteiger charge is 2.55. The average Bonchev–Trinajstić information content (AvgIpc) is 3.10. The van der Waals surface area contributed by atoms with Crippen LogP contribution in [-0.2, 0) is 28.4 Å². The van der Waals surface area contributed by atoms with Crippen molar-refractivity contribution in [3.8, 4) is 5.75 Å². The highest BCUT2D eigenvalue weighted by Crippen LogP contribution is 2.38. The van der Waals surface area contributed by atoms with E-state index in [9.17, 15) is 14.4 Å².